The van der Waals surface area contributed by atoms with Crippen LogP contribution in [0.25, 0.3) is 0 Å². The maximum Gasteiger partial charge on any atom is 0.136 e. The van der Waals surface area contributed by atoms with Crippen LogP contribution in [0.15, 0.2) is 21.2 Å². The van der Waals surface area contributed by atoms with E-state index in [1.165, 1.54) is 0 Å². The normalized spacial score (nSPS) is 13.7. The van der Waals surface area contributed by atoms with Gasteiger partial charge < -0.3 is 10.2 Å². The zero-order chi connectivity index (χ0) is 12.1. The molecular formula is C12H21BrN2O. The molecule has 0 aliphatic rings. The lowest BCUT2D eigenvalue weighted by Crippen LogP contribution is -2.36. The Labute approximate surface area is 106 Å². The molecule has 2 N–H and O–H groups in total. The highest BCUT2D eigenvalue weighted by Gasteiger charge is 2.23. The van der Waals surface area contributed by atoms with E-state index >= 15 is 0 Å². The average molecular weight is 289 g/mol. The van der Waals surface area contributed by atoms with Gasteiger partial charge in [-0.25, -0.2) is 0 Å². The first-order valence-corrected chi connectivity index (χ1v) is 6.56. The Bertz CT molecular complexity index is 312. The minimum Gasteiger partial charge on any atom is -0.466 e. The van der Waals surface area contributed by atoms with Crippen LogP contribution in [0, 0.1) is 5.92 Å². The van der Waals surface area contributed by atoms with Gasteiger partial charge in [-0.1, -0.05) is 20.8 Å². The molecular weight excluding hydrogens is 268 g/mol. The van der Waals surface area contributed by atoms with Crippen molar-refractivity contribution in [2.45, 2.75) is 26.8 Å². The number of likely N-dealkylation sites (N-methyl/N-ethyl adjacent to an activating group) is 1. The fraction of sp³-hybridized carbons (Fsp3) is 0.667. The van der Waals surface area contributed by atoms with Gasteiger partial charge in [0.1, 0.15) is 5.76 Å². The fourth-order valence-electron chi connectivity index (χ4n) is 1.91. The summed E-state index contributed by atoms with van der Waals surface area (Å²) in [6, 6.07) is 2.08. The summed E-state index contributed by atoms with van der Waals surface area (Å²) in [7, 11) is 0. The van der Waals surface area contributed by atoms with Gasteiger partial charge >= 0.3 is 0 Å². The van der Waals surface area contributed by atoms with Crippen molar-refractivity contribution in [3.8, 4) is 0 Å². The molecule has 1 heterocycles. The number of nitrogens with zero attached hydrogens (tertiary/aromatic N) is 1. The van der Waals surface area contributed by atoms with Crippen molar-refractivity contribution in [1.82, 2.24) is 4.90 Å². The van der Waals surface area contributed by atoms with E-state index in [-0.39, 0.29) is 6.04 Å². The number of hydrogen-bond donors (Lipinski definition) is 1. The van der Waals surface area contributed by atoms with Gasteiger partial charge in [0.2, 0.25) is 0 Å². The highest BCUT2D eigenvalue weighted by molar-refractivity contribution is 9.10. The Morgan fingerprint density at radius 2 is 2.19 bits per heavy atom. The smallest absolute Gasteiger partial charge is 0.136 e. The molecule has 0 bridgehead atoms. The Morgan fingerprint density at radius 1 is 1.50 bits per heavy atom. The first-order chi connectivity index (χ1) is 7.60. The number of hydrogen-bond acceptors (Lipinski definition) is 3. The summed E-state index contributed by atoms with van der Waals surface area (Å²) in [5.41, 5.74) is 5.86. The van der Waals surface area contributed by atoms with E-state index in [9.17, 15) is 0 Å². The monoisotopic (exact) mass is 288 g/mol. The molecule has 0 radical (unpaired) electrons. The molecule has 0 saturated carbocycles. The van der Waals surface area contributed by atoms with Crippen LogP contribution in [0.3, 0.4) is 0 Å². The topological polar surface area (TPSA) is 42.4 Å². The number of halogens is 1. The first-order valence-electron chi connectivity index (χ1n) is 5.77. The zero-order valence-corrected chi connectivity index (χ0v) is 11.8. The van der Waals surface area contributed by atoms with Crippen molar-refractivity contribution < 1.29 is 4.42 Å². The van der Waals surface area contributed by atoms with Crippen LogP contribution in [0.1, 0.15) is 32.6 Å². The standard InChI is InChI=1S/C12H21BrN2O/c1-4-15(8-9(2)3)11(7-14)12-10(13)5-6-16-12/h5-6,9,11H,4,7-8,14H2,1-3H3. The fourth-order valence-corrected chi connectivity index (χ4v) is 2.38. The molecule has 1 unspecified atom stereocenters. The van der Waals surface area contributed by atoms with Gasteiger partial charge in [0.25, 0.3) is 0 Å². The van der Waals surface area contributed by atoms with Crippen molar-refractivity contribution >= 4 is 15.9 Å². The molecule has 1 aromatic heterocycles. The maximum absolute atomic E-state index is 5.86. The highest BCUT2D eigenvalue weighted by atomic mass is 79.9. The average Bonchev–Trinajstić information content (AvgIpc) is 2.64. The van der Waals surface area contributed by atoms with Crippen LogP contribution in [0.4, 0.5) is 0 Å². The second kappa shape index (κ2) is 6.42. The summed E-state index contributed by atoms with van der Waals surface area (Å²) >= 11 is 3.50. The molecule has 4 heteroatoms. The van der Waals surface area contributed by atoms with Gasteiger partial charge in [-0.2, -0.15) is 0 Å². The third kappa shape index (κ3) is 3.34. The van der Waals surface area contributed by atoms with Gasteiger partial charge in [0, 0.05) is 13.1 Å². The molecule has 0 amide bonds. The van der Waals surface area contributed by atoms with E-state index in [4.69, 9.17) is 10.2 Å². The summed E-state index contributed by atoms with van der Waals surface area (Å²) in [6.45, 7) is 9.17. The van der Waals surface area contributed by atoms with E-state index in [0.717, 1.165) is 23.3 Å². The summed E-state index contributed by atoms with van der Waals surface area (Å²) in [5, 5.41) is 0. The van der Waals surface area contributed by atoms with Crippen molar-refractivity contribution in [2.24, 2.45) is 11.7 Å². The SMILES string of the molecule is CCN(CC(C)C)C(CN)c1occc1Br. The molecule has 0 fully saturated rings. The molecule has 0 aromatic carbocycles. The van der Waals surface area contributed by atoms with Gasteiger partial charge in [0.15, 0.2) is 0 Å². The van der Waals surface area contributed by atoms with Gasteiger partial charge in [-0.15, -0.1) is 0 Å². The molecule has 1 aromatic rings. The second-order valence-corrected chi connectivity index (χ2v) is 5.22. The van der Waals surface area contributed by atoms with E-state index in [2.05, 4.69) is 41.6 Å². The molecule has 16 heavy (non-hydrogen) atoms. The van der Waals surface area contributed by atoms with Gasteiger partial charge in [-0.3, -0.25) is 4.90 Å². The van der Waals surface area contributed by atoms with Crippen molar-refractivity contribution in [3.63, 3.8) is 0 Å². The molecule has 92 valence electrons. The number of nitrogens with two attached hydrogens (primary N) is 1. The van der Waals surface area contributed by atoms with E-state index < -0.39 is 0 Å². The molecule has 3 nitrogen and oxygen atoms in total. The van der Waals surface area contributed by atoms with E-state index in [1.54, 1.807) is 6.26 Å². The van der Waals surface area contributed by atoms with Gasteiger partial charge in [-0.05, 0) is 34.5 Å². The molecule has 1 atom stereocenters. The molecule has 0 aliphatic heterocycles. The summed E-state index contributed by atoms with van der Waals surface area (Å²) < 4.78 is 6.52. The molecule has 0 saturated heterocycles. The van der Waals surface area contributed by atoms with E-state index in [1.807, 2.05) is 6.07 Å². The third-order valence-electron chi connectivity index (χ3n) is 2.62. The lowest BCUT2D eigenvalue weighted by molar-refractivity contribution is 0.168. The minimum atomic E-state index is 0.164. The lowest BCUT2D eigenvalue weighted by atomic mass is 10.1. The van der Waals surface area contributed by atoms with Crippen LogP contribution >= 0.6 is 15.9 Å². The Kier molecular flexibility index (Phi) is 5.52. The van der Waals surface area contributed by atoms with Crippen molar-refractivity contribution in [3.05, 3.63) is 22.6 Å². The Hall–Kier alpha value is -0.320. The Morgan fingerprint density at radius 3 is 2.56 bits per heavy atom. The van der Waals surface area contributed by atoms with Crippen molar-refractivity contribution in [1.29, 1.82) is 0 Å². The Balaban J connectivity index is 2.83. The predicted molar refractivity (Wildman–Crippen MR) is 70.3 cm³/mol. The van der Waals surface area contributed by atoms with Crippen LogP contribution in [-0.2, 0) is 0 Å². The largest absolute Gasteiger partial charge is 0.466 e. The summed E-state index contributed by atoms with van der Waals surface area (Å²) in [5.74, 6) is 1.56. The molecule has 0 aliphatic carbocycles. The second-order valence-electron chi connectivity index (χ2n) is 4.37. The third-order valence-corrected chi connectivity index (χ3v) is 3.27. The number of furan rings is 1. The highest BCUT2D eigenvalue weighted by Crippen LogP contribution is 2.28. The van der Waals surface area contributed by atoms with Crippen LogP contribution in [0.2, 0.25) is 0 Å². The maximum atomic E-state index is 5.86. The van der Waals surface area contributed by atoms with Crippen molar-refractivity contribution in [2.75, 3.05) is 19.6 Å². The zero-order valence-electron chi connectivity index (χ0n) is 10.2. The van der Waals surface area contributed by atoms with Crippen LogP contribution < -0.4 is 5.73 Å². The van der Waals surface area contributed by atoms with Gasteiger partial charge in [0.05, 0.1) is 16.8 Å². The van der Waals surface area contributed by atoms with E-state index in [0.29, 0.717) is 12.5 Å². The summed E-state index contributed by atoms with van der Waals surface area (Å²) in [4.78, 5) is 2.36. The van der Waals surface area contributed by atoms with Crippen LogP contribution in [-0.4, -0.2) is 24.5 Å². The molecule has 1 rings (SSSR count). The first kappa shape index (κ1) is 13.7. The minimum absolute atomic E-state index is 0.164. The predicted octanol–water partition coefficient (Wildman–Crippen LogP) is 3.02. The van der Waals surface area contributed by atoms with Crippen LogP contribution in [0.5, 0.6) is 0 Å². The quantitative estimate of drug-likeness (QED) is 0.875. The molecule has 0 spiro atoms. The number of rotatable bonds is 6. The summed E-state index contributed by atoms with van der Waals surface area (Å²) in [6.07, 6.45) is 1.70. The lowest BCUT2D eigenvalue weighted by Gasteiger charge is -2.30.